The average molecular weight is 343 g/mol. The maximum Gasteiger partial charge on any atom is 0.276 e. The molecule has 0 spiro atoms. The third-order valence-electron chi connectivity index (χ3n) is 6.19. The molecule has 1 aliphatic heterocycles. The number of hydrogen-bond donors (Lipinski definition) is 0. The zero-order valence-corrected chi connectivity index (χ0v) is 15.4. The van der Waals surface area contributed by atoms with Gasteiger partial charge < -0.3 is 9.30 Å². The first-order valence-electron chi connectivity index (χ1n) is 9.78. The van der Waals surface area contributed by atoms with Crippen LogP contribution in [0.5, 0.6) is 0 Å². The summed E-state index contributed by atoms with van der Waals surface area (Å²) >= 11 is 0. The Morgan fingerprint density at radius 1 is 1.16 bits per heavy atom. The van der Waals surface area contributed by atoms with E-state index in [9.17, 15) is 4.79 Å². The van der Waals surface area contributed by atoms with Gasteiger partial charge in [0.1, 0.15) is 11.3 Å². The molecule has 0 radical (unpaired) electrons. The summed E-state index contributed by atoms with van der Waals surface area (Å²) in [7, 11) is 0. The first-order chi connectivity index (χ1) is 12.1. The van der Waals surface area contributed by atoms with Gasteiger partial charge in [0, 0.05) is 37.6 Å². The molecule has 5 heteroatoms. The highest BCUT2D eigenvalue weighted by Crippen LogP contribution is 2.30. The van der Waals surface area contributed by atoms with Gasteiger partial charge in [0.25, 0.3) is 5.56 Å². The molecule has 5 nitrogen and oxygen atoms in total. The van der Waals surface area contributed by atoms with Crippen molar-refractivity contribution in [2.24, 2.45) is 11.8 Å². The van der Waals surface area contributed by atoms with Crippen molar-refractivity contribution in [1.82, 2.24) is 14.0 Å². The van der Waals surface area contributed by atoms with Gasteiger partial charge in [-0.3, -0.25) is 9.20 Å². The number of hydrogen-bond acceptors (Lipinski definition) is 3. The van der Waals surface area contributed by atoms with Crippen LogP contribution in [0, 0.1) is 18.8 Å². The van der Waals surface area contributed by atoms with E-state index in [1.807, 2.05) is 8.97 Å². The zero-order chi connectivity index (χ0) is 17.4. The van der Waals surface area contributed by atoms with E-state index in [1.165, 1.54) is 25.7 Å². The molecule has 0 N–H and O–H groups in total. The largest absolute Gasteiger partial charge is 0.381 e. The summed E-state index contributed by atoms with van der Waals surface area (Å²) in [5, 5.41) is 0. The van der Waals surface area contributed by atoms with Gasteiger partial charge in [0.2, 0.25) is 0 Å². The first-order valence-corrected chi connectivity index (χ1v) is 9.78. The maximum absolute atomic E-state index is 13.1. The molecule has 2 fully saturated rings. The molecular formula is C20H29N3O2. The lowest BCUT2D eigenvalue weighted by Crippen LogP contribution is -2.29. The number of fused-ring (bicyclic) bond motifs is 1. The van der Waals surface area contributed by atoms with Crippen LogP contribution in [0.2, 0.25) is 0 Å². The van der Waals surface area contributed by atoms with Gasteiger partial charge in [0.15, 0.2) is 0 Å². The minimum Gasteiger partial charge on any atom is -0.381 e. The molecular weight excluding hydrogens is 314 g/mol. The smallest absolute Gasteiger partial charge is 0.276 e. The molecule has 25 heavy (non-hydrogen) atoms. The van der Waals surface area contributed by atoms with Crippen molar-refractivity contribution in [3.63, 3.8) is 0 Å². The van der Waals surface area contributed by atoms with E-state index in [1.54, 1.807) is 6.20 Å². The predicted molar refractivity (Wildman–Crippen MR) is 98.1 cm³/mol. The van der Waals surface area contributed by atoms with Gasteiger partial charge in [-0.2, -0.15) is 0 Å². The van der Waals surface area contributed by atoms with Crippen molar-refractivity contribution in [2.75, 3.05) is 13.2 Å². The SMILES string of the molecule is Cc1cn2c(C3CCOCC3)ncc2c(=O)n1C[C@H]1CC[C@H](C)CC1. The first kappa shape index (κ1) is 16.8. The van der Waals surface area contributed by atoms with Crippen molar-refractivity contribution in [3.05, 3.63) is 34.3 Å². The lowest BCUT2D eigenvalue weighted by molar-refractivity contribution is 0.0835. The van der Waals surface area contributed by atoms with Gasteiger partial charge in [0.05, 0.1) is 6.20 Å². The molecule has 136 valence electrons. The van der Waals surface area contributed by atoms with Crippen molar-refractivity contribution >= 4 is 5.52 Å². The molecule has 2 aromatic heterocycles. The van der Waals surface area contributed by atoms with E-state index < -0.39 is 0 Å². The Morgan fingerprint density at radius 3 is 2.60 bits per heavy atom. The highest BCUT2D eigenvalue weighted by Gasteiger charge is 2.23. The second kappa shape index (κ2) is 6.94. The number of imidazole rings is 1. The molecule has 2 aliphatic rings. The van der Waals surface area contributed by atoms with Gasteiger partial charge in [-0.05, 0) is 44.4 Å². The summed E-state index contributed by atoms with van der Waals surface area (Å²) < 4.78 is 9.48. The van der Waals surface area contributed by atoms with Crippen LogP contribution in [0.1, 0.15) is 62.9 Å². The number of nitrogens with zero attached hydrogens (tertiary/aromatic N) is 3. The number of aromatic nitrogens is 3. The highest BCUT2D eigenvalue weighted by molar-refractivity contribution is 5.45. The Hall–Kier alpha value is -1.62. The molecule has 4 rings (SSSR count). The Bertz CT molecular complexity index is 793. The summed E-state index contributed by atoms with van der Waals surface area (Å²) in [5.74, 6) is 2.89. The van der Waals surface area contributed by atoms with Crippen LogP contribution in [-0.2, 0) is 11.3 Å². The zero-order valence-electron chi connectivity index (χ0n) is 15.4. The number of rotatable bonds is 3. The molecule has 0 aromatic carbocycles. The van der Waals surface area contributed by atoms with Gasteiger partial charge in [-0.25, -0.2) is 4.98 Å². The minimum atomic E-state index is 0.115. The molecule has 0 unspecified atom stereocenters. The van der Waals surface area contributed by atoms with Gasteiger partial charge in [-0.15, -0.1) is 0 Å². The summed E-state index contributed by atoms with van der Waals surface area (Å²) in [6.45, 7) is 6.82. The molecule has 1 aliphatic carbocycles. The van der Waals surface area contributed by atoms with Crippen molar-refractivity contribution in [1.29, 1.82) is 0 Å². The fourth-order valence-electron chi connectivity index (χ4n) is 4.48. The van der Waals surface area contributed by atoms with E-state index in [4.69, 9.17) is 4.74 Å². The van der Waals surface area contributed by atoms with Gasteiger partial charge in [-0.1, -0.05) is 19.8 Å². The predicted octanol–water partition coefficient (Wildman–Crippen LogP) is 3.52. The third kappa shape index (κ3) is 3.26. The minimum absolute atomic E-state index is 0.115. The van der Waals surface area contributed by atoms with E-state index in [0.29, 0.717) is 11.8 Å². The van der Waals surface area contributed by atoms with Crippen LogP contribution in [0.4, 0.5) is 0 Å². The summed E-state index contributed by atoms with van der Waals surface area (Å²) in [5.41, 5.74) is 1.88. The molecule has 0 amide bonds. The van der Waals surface area contributed by atoms with Crippen LogP contribution >= 0.6 is 0 Å². The molecule has 2 aromatic rings. The van der Waals surface area contributed by atoms with Crippen LogP contribution in [0.3, 0.4) is 0 Å². The Kier molecular flexibility index (Phi) is 4.67. The van der Waals surface area contributed by atoms with E-state index >= 15 is 0 Å². The molecule has 1 saturated heterocycles. The van der Waals surface area contributed by atoms with Gasteiger partial charge >= 0.3 is 0 Å². The maximum atomic E-state index is 13.1. The average Bonchev–Trinajstić information content (AvgIpc) is 3.05. The van der Waals surface area contributed by atoms with Crippen LogP contribution < -0.4 is 5.56 Å². The van der Waals surface area contributed by atoms with Crippen molar-refractivity contribution in [2.45, 2.75) is 64.8 Å². The third-order valence-corrected chi connectivity index (χ3v) is 6.19. The van der Waals surface area contributed by atoms with E-state index in [-0.39, 0.29) is 5.56 Å². The van der Waals surface area contributed by atoms with Crippen LogP contribution in [-0.4, -0.2) is 27.2 Å². The molecule has 0 bridgehead atoms. The fraction of sp³-hybridized carbons (Fsp3) is 0.700. The Morgan fingerprint density at radius 2 is 1.88 bits per heavy atom. The molecule has 3 heterocycles. The fourth-order valence-corrected chi connectivity index (χ4v) is 4.48. The van der Waals surface area contributed by atoms with Crippen molar-refractivity contribution < 1.29 is 4.74 Å². The summed E-state index contributed by atoms with van der Waals surface area (Å²) in [6.07, 6.45) is 10.9. The quantitative estimate of drug-likeness (QED) is 0.857. The second-order valence-corrected chi connectivity index (χ2v) is 8.07. The lowest BCUT2D eigenvalue weighted by Gasteiger charge is -2.27. The van der Waals surface area contributed by atoms with E-state index in [0.717, 1.165) is 55.6 Å². The number of ether oxygens (including phenoxy) is 1. The molecule has 0 atom stereocenters. The summed E-state index contributed by atoms with van der Waals surface area (Å²) in [6, 6.07) is 0. The highest BCUT2D eigenvalue weighted by atomic mass is 16.5. The number of aryl methyl sites for hydroxylation is 1. The topological polar surface area (TPSA) is 48.5 Å². The molecule has 1 saturated carbocycles. The Balaban J connectivity index is 1.64. The normalized spacial score (nSPS) is 25.5. The standard InChI is InChI=1S/C20H29N3O2/c1-14-3-5-16(6-4-14)13-22-15(2)12-23-18(20(22)24)11-21-19(23)17-7-9-25-10-8-17/h11-12,14,16-17H,3-10,13H2,1-2H3/t14-,16-. The van der Waals surface area contributed by atoms with Crippen molar-refractivity contribution in [3.8, 4) is 0 Å². The lowest BCUT2D eigenvalue weighted by atomic mass is 9.83. The van der Waals surface area contributed by atoms with Crippen LogP contribution in [0.15, 0.2) is 17.2 Å². The monoisotopic (exact) mass is 343 g/mol. The second-order valence-electron chi connectivity index (χ2n) is 8.07. The Labute approximate surface area is 149 Å². The summed E-state index contributed by atoms with van der Waals surface area (Å²) in [4.78, 5) is 17.7. The van der Waals surface area contributed by atoms with E-state index in [2.05, 4.69) is 25.0 Å². The van der Waals surface area contributed by atoms with Crippen LogP contribution in [0.25, 0.3) is 5.52 Å².